The fourth-order valence-electron chi connectivity index (χ4n) is 1.91. The lowest BCUT2D eigenvalue weighted by atomic mass is 10.1. The molecule has 1 fully saturated rings. The summed E-state index contributed by atoms with van der Waals surface area (Å²) in [5.41, 5.74) is -1.53. The largest absolute Gasteiger partial charge is 0.490 e. The fraction of sp³-hybridized carbons (Fsp3) is 0.600. The lowest BCUT2D eigenvalue weighted by Crippen LogP contribution is -2.38. The predicted octanol–water partition coefficient (Wildman–Crippen LogP) is -2.84. The lowest BCUT2D eigenvalue weighted by Gasteiger charge is -2.17. The van der Waals surface area contributed by atoms with E-state index in [-0.39, 0.29) is 5.75 Å². The van der Waals surface area contributed by atoms with E-state index in [1.165, 1.54) is 7.11 Å². The summed E-state index contributed by atoms with van der Waals surface area (Å²) in [6, 6.07) is 0. The molecule has 9 heteroatoms. The molecular formula is C10H14N2O7. The van der Waals surface area contributed by atoms with E-state index < -0.39 is 42.4 Å². The SMILES string of the molecule is COc1cn(C2OC(CO)C(O)[C@@H]2O)c(=O)[nH]c1=O. The number of aromatic amines is 1. The van der Waals surface area contributed by atoms with E-state index in [0.29, 0.717) is 0 Å². The zero-order valence-electron chi connectivity index (χ0n) is 10.0. The molecule has 4 N–H and O–H groups in total. The summed E-state index contributed by atoms with van der Waals surface area (Å²) < 4.78 is 10.8. The highest BCUT2D eigenvalue weighted by Crippen LogP contribution is 2.28. The Balaban J connectivity index is 2.43. The Bertz CT molecular complexity index is 566. The molecular weight excluding hydrogens is 260 g/mol. The van der Waals surface area contributed by atoms with Gasteiger partial charge >= 0.3 is 5.69 Å². The maximum Gasteiger partial charge on any atom is 0.330 e. The molecule has 1 aliphatic heterocycles. The van der Waals surface area contributed by atoms with Gasteiger partial charge in [-0.05, 0) is 0 Å². The third kappa shape index (κ3) is 2.28. The van der Waals surface area contributed by atoms with Crippen LogP contribution in [0.25, 0.3) is 0 Å². The molecule has 0 aliphatic carbocycles. The molecule has 1 saturated heterocycles. The second kappa shape index (κ2) is 5.13. The van der Waals surface area contributed by atoms with E-state index in [9.17, 15) is 19.8 Å². The van der Waals surface area contributed by atoms with Crippen LogP contribution in [0.15, 0.2) is 15.8 Å². The predicted molar refractivity (Wildman–Crippen MR) is 60.9 cm³/mol. The summed E-state index contributed by atoms with van der Waals surface area (Å²) >= 11 is 0. The molecule has 4 atom stereocenters. The van der Waals surface area contributed by atoms with Crippen molar-refractivity contribution in [2.45, 2.75) is 24.5 Å². The van der Waals surface area contributed by atoms with E-state index in [1.807, 2.05) is 4.98 Å². The average Bonchev–Trinajstić information content (AvgIpc) is 2.67. The van der Waals surface area contributed by atoms with Crippen molar-refractivity contribution in [1.29, 1.82) is 0 Å². The summed E-state index contributed by atoms with van der Waals surface area (Å²) in [5, 5.41) is 28.4. The van der Waals surface area contributed by atoms with E-state index in [2.05, 4.69) is 0 Å². The number of ether oxygens (including phenoxy) is 2. The molecule has 1 aromatic rings. The fourth-order valence-corrected chi connectivity index (χ4v) is 1.91. The van der Waals surface area contributed by atoms with Crippen LogP contribution >= 0.6 is 0 Å². The number of methoxy groups -OCH3 is 1. The molecule has 0 saturated carbocycles. The van der Waals surface area contributed by atoms with Crippen LogP contribution in [0.5, 0.6) is 5.75 Å². The zero-order chi connectivity index (χ0) is 14.2. The van der Waals surface area contributed by atoms with Crippen LogP contribution < -0.4 is 16.0 Å². The third-order valence-electron chi connectivity index (χ3n) is 2.95. The van der Waals surface area contributed by atoms with Gasteiger partial charge in [0.25, 0.3) is 5.56 Å². The molecule has 0 spiro atoms. The molecule has 2 rings (SSSR count). The van der Waals surface area contributed by atoms with Crippen LogP contribution in [0.1, 0.15) is 6.23 Å². The molecule has 3 unspecified atom stereocenters. The number of aliphatic hydroxyl groups is 3. The summed E-state index contributed by atoms with van der Waals surface area (Å²) in [6.07, 6.45) is -3.90. The Morgan fingerprint density at radius 2 is 2.11 bits per heavy atom. The van der Waals surface area contributed by atoms with Crippen LogP contribution in [0.3, 0.4) is 0 Å². The summed E-state index contributed by atoms with van der Waals surface area (Å²) in [4.78, 5) is 25.0. The number of hydrogen-bond acceptors (Lipinski definition) is 7. The minimum Gasteiger partial charge on any atom is -0.490 e. The number of nitrogens with zero attached hydrogens (tertiary/aromatic N) is 1. The van der Waals surface area contributed by atoms with Gasteiger partial charge < -0.3 is 24.8 Å². The maximum absolute atomic E-state index is 11.7. The van der Waals surface area contributed by atoms with Gasteiger partial charge in [0.2, 0.25) is 5.75 Å². The molecule has 106 valence electrons. The van der Waals surface area contributed by atoms with Gasteiger partial charge in [0.1, 0.15) is 18.3 Å². The van der Waals surface area contributed by atoms with Crippen LogP contribution in [-0.2, 0) is 4.74 Å². The van der Waals surface area contributed by atoms with Crippen molar-refractivity contribution < 1.29 is 24.8 Å². The highest BCUT2D eigenvalue weighted by atomic mass is 16.6. The average molecular weight is 274 g/mol. The van der Waals surface area contributed by atoms with Gasteiger partial charge in [-0.25, -0.2) is 4.79 Å². The summed E-state index contributed by atoms with van der Waals surface area (Å²) in [5.74, 6) is -0.141. The molecule has 1 aliphatic rings. The first-order valence-electron chi connectivity index (χ1n) is 5.51. The molecule has 0 radical (unpaired) electrons. The molecule has 19 heavy (non-hydrogen) atoms. The molecule has 1 aromatic heterocycles. The van der Waals surface area contributed by atoms with Gasteiger partial charge in [-0.2, -0.15) is 0 Å². The molecule has 9 nitrogen and oxygen atoms in total. The van der Waals surface area contributed by atoms with E-state index in [1.54, 1.807) is 0 Å². The Morgan fingerprint density at radius 1 is 1.42 bits per heavy atom. The van der Waals surface area contributed by atoms with Crippen molar-refractivity contribution >= 4 is 0 Å². The van der Waals surface area contributed by atoms with Crippen molar-refractivity contribution in [2.24, 2.45) is 0 Å². The Kier molecular flexibility index (Phi) is 3.71. The third-order valence-corrected chi connectivity index (χ3v) is 2.95. The number of aliphatic hydroxyl groups excluding tert-OH is 3. The molecule has 0 bridgehead atoms. The minimum absolute atomic E-state index is 0.141. The number of rotatable bonds is 3. The normalized spacial score (nSPS) is 30.5. The standard InChI is InChI=1S/C10H14N2O7/c1-18-4-2-12(10(17)11-8(4)16)9-7(15)6(14)5(3-13)19-9/h2,5-7,9,13-15H,3H2,1H3,(H,11,16,17)/t5?,6?,7-,9?/m0/s1. The quantitative estimate of drug-likeness (QED) is 0.466. The van der Waals surface area contributed by atoms with Crippen molar-refractivity contribution in [1.82, 2.24) is 9.55 Å². The van der Waals surface area contributed by atoms with Crippen molar-refractivity contribution in [2.75, 3.05) is 13.7 Å². The van der Waals surface area contributed by atoms with Gasteiger partial charge in [-0.3, -0.25) is 14.3 Å². The molecule has 2 heterocycles. The number of hydrogen-bond donors (Lipinski definition) is 4. The van der Waals surface area contributed by atoms with Gasteiger partial charge in [-0.1, -0.05) is 0 Å². The van der Waals surface area contributed by atoms with Crippen molar-refractivity contribution in [3.63, 3.8) is 0 Å². The summed E-state index contributed by atoms with van der Waals surface area (Å²) in [6.45, 7) is -0.510. The van der Waals surface area contributed by atoms with Crippen LogP contribution in [0, 0.1) is 0 Å². The highest BCUT2D eigenvalue weighted by Gasteiger charge is 2.43. The first-order valence-corrected chi connectivity index (χ1v) is 5.51. The molecule has 0 amide bonds. The number of H-pyrrole nitrogens is 1. The first-order chi connectivity index (χ1) is 8.99. The maximum atomic E-state index is 11.7. The van der Waals surface area contributed by atoms with Crippen molar-refractivity contribution in [3.05, 3.63) is 27.0 Å². The first kappa shape index (κ1) is 13.7. The molecule has 0 aromatic carbocycles. The van der Waals surface area contributed by atoms with E-state index in [0.717, 1.165) is 10.8 Å². The number of nitrogens with one attached hydrogen (secondary N) is 1. The van der Waals surface area contributed by atoms with Crippen LogP contribution in [-0.4, -0.2) is 56.9 Å². The summed E-state index contributed by atoms with van der Waals surface area (Å²) in [7, 11) is 1.25. The Hall–Kier alpha value is -1.68. The van der Waals surface area contributed by atoms with Gasteiger partial charge in [-0.15, -0.1) is 0 Å². The van der Waals surface area contributed by atoms with Crippen molar-refractivity contribution in [3.8, 4) is 5.75 Å². The monoisotopic (exact) mass is 274 g/mol. The topological polar surface area (TPSA) is 134 Å². The van der Waals surface area contributed by atoms with Gasteiger partial charge in [0.05, 0.1) is 19.9 Å². The van der Waals surface area contributed by atoms with Crippen LogP contribution in [0.2, 0.25) is 0 Å². The zero-order valence-corrected chi connectivity index (χ0v) is 10.0. The van der Waals surface area contributed by atoms with E-state index in [4.69, 9.17) is 14.6 Å². The van der Waals surface area contributed by atoms with Crippen LogP contribution in [0.4, 0.5) is 0 Å². The highest BCUT2D eigenvalue weighted by molar-refractivity contribution is 5.12. The Labute approximate surface area is 106 Å². The lowest BCUT2D eigenvalue weighted by molar-refractivity contribution is -0.0552. The van der Waals surface area contributed by atoms with Gasteiger partial charge in [0.15, 0.2) is 6.23 Å². The second-order valence-electron chi connectivity index (χ2n) is 4.09. The minimum atomic E-state index is -1.41. The number of aromatic nitrogens is 2. The van der Waals surface area contributed by atoms with E-state index >= 15 is 0 Å². The Morgan fingerprint density at radius 3 is 2.63 bits per heavy atom. The second-order valence-corrected chi connectivity index (χ2v) is 4.09. The van der Waals surface area contributed by atoms with Gasteiger partial charge in [0, 0.05) is 0 Å². The smallest absolute Gasteiger partial charge is 0.330 e.